The number of methoxy groups -OCH3 is 1. The van der Waals surface area contributed by atoms with Gasteiger partial charge in [0.15, 0.2) is 0 Å². The lowest BCUT2D eigenvalue weighted by atomic mass is 10.1. The maximum atomic E-state index is 12.5. The van der Waals surface area contributed by atoms with Crippen LogP contribution >= 0.6 is 0 Å². The third kappa shape index (κ3) is 5.88. The molecule has 0 aliphatic rings. The van der Waals surface area contributed by atoms with Gasteiger partial charge in [-0.3, -0.25) is 4.79 Å². The zero-order valence-corrected chi connectivity index (χ0v) is 17.6. The molecule has 1 amide bonds. The Kier molecular flexibility index (Phi) is 6.50. The van der Waals surface area contributed by atoms with E-state index < -0.39 is 41.3 Å². The molecule has 8 nitrogen and oxygen atoms in total. The van der Waals surface area contributed by atoms with Gasteiger partial charge in [-0.25, -0.2) is 26.7 Å². The highest BCUT2D eigenvalue weighted by Crippen LogP contribution is 2.19. The molecule has 0 saturated carbocycles. The Balaban J connectivity index is 2.27. The van der Waals surface area contributed by atoms with E-state index in [4.69, 9.17) is 9.88 Å². The fraction of sp³-hybridized carbons (Fsp3) is 0.211. The number of carbonyl (C=O) groups excluding carboxylic acids is 1. The van der Waals surface area contributed by atoms with E-state index in [1.807, 2.05) is 4.72 Å². The lowest BCUT2D eigenvalue weighted by Gasteiger charge is -2.14. The molecule has 0 heterocycles. The predicted octanol–water partition coefficient (Wildman–Crippen LogP) is 1.23. The van der Waals surface area contributed by atoms with E-state index in [-0.39, 0.29) is 5.56 Å². The molecular formula is C19H20N2O6S2. The number of nitrogens with two attached hydrogens (primary N) is 1. The quantitative estimate of drug-likeness (QED) is 0.678. The van der Waals surface area contributed by atoms with Crippen molar-refractivity contribution in [2.24, 2.45) is 5.14 Å². The molecule has 2 aromatic rings. The van der Waals surface area contributed by atoms with Gasteiger partial charge in [0.25, 0.3) is 15.9 Å². The Labute approximate surface area is 170 Å². The van der Waals surface area contributed by atoms with E-state index in [9.17, 15) is 21.6 Å². The number of rotatable bonds is 5. The molecule has 0 atom stereocenters. The molecule has 0 aromatic heterocycles. The number of benzene rings is 2. The molecule has 0 aliphatic heterocycles. The minimum absolute atomic E-state index is 0.0539. The van der Waals surface area contributed by atoms with Crippen LogP contribution in [0.4, 0.5) is 0 Å². The number of amides is 1. The summed E-state index contributed by atoms with van der Waals surface area (Å²) in [4.78, 5) is 11.1. The van der Waals surface area contributed by atoms with Crippen molar-refractivity contribution in [3.63, 3.8) is 0 Å². The minimum Gasteiger partial charge on any atom is -0.366 e. The van der Waals surface area contributed by atoms with E-state index in [0.717, 1.165) is 12.1 Å². The van der Waals surface area contributed by atoms with Crippen LogP contribution in [0.5, 0.6) is 0 Å². The van der Waals surface area contributed by atoms with Gasteiger partial charge in [0, 0.05) is 18.2 Å². The van der Waals surface area contributed by atoms with Crippen LogP contribution in [0.3, 0.4) is 0 Å². The molecule has 29 heavy (non-hydrogen) atoms. The van der Waals surface area contributed by atoms with Crippen LogP contribution in [0.1, 0.15) is 29.8 Å². The van der Waals surface area contributed by atoms with Gasteiger partial charge < -0.3 is 4.74 Å². The zero-order valence-electron chi connectivity index (χ0n) is 16.0. The van der Waals surface area contributed by atoms with Gasteiger partial charge in [-0.05, 0) is 50.2 Å². The molecule has 154 valence electrons. The third-order valence-corrected chi connectivity index (χ3v) is 6.32. The maximum absolute atomic E-state index is 12.5. The molecule has 2 aromatic carbocycles. The normalized spacial score (nSPS) is 12.0. The molecule has 10 heteroatoms. The molecule has 0 radical (unpaired) electrons. The number of ether oxygens (including phenoxy) is 1. The van der Waals surface area contributed by atoms with Crippen LogP contribution in [-0.4, -0.2) is 35.5 Å². The summed E-state index contributed by atoms with van der Waals surface area (Å²) in [5, 5.41) is 5.06. The standard InChI is InChI=1S/C19H20N2O6S2/c1-19(2,27-3)13-12-14-8-10-15(11-9-14)18(22)21-29(25,26)17-7-5-4-6-16(17)28(20,23)24/h4-11H,1-3H3,(H,21,22)(H2,20,23,24). The summed E-state index contributed by atoms with van der Waals surface area (Å²) in [6.07, 6.45) is 0. The summed E-state index contributed by atoms with van der Waals surface area (Å²) in [7, 11) is -7.23. The van der Waals surface area contributed by atoms with Crippen LogP contribution in [0.2, 0.25) is 0 Å². The van der Waals surface area contributed by atoms with Crippen LogP contribution in [0.15, 0.2) is 58.3 Å². The van der Waals surface area contributed by atoms with Gasteiger partial charge in [0.1, 0.15) is 15.4 Å². The van der Waals surface area contributed by atoms with Crippen LogP contribution in [0, 0.1) is 11.8 Å². The minimum atomic E-state index is -4.47. The highest BCUT2D eigenvalue weighted by atomic mass is 32.2. The van der Waals surface area contributed by atoms with Gasteiger partial charge in [-0.15, -0.1) is 0 Å². The Morgan fingerprint density at radius 2 is 1.55 bits per heavy atom. The first-order chi connectivity index (χ1) is 13.4. The average molecular weight is 437 g/mol. The number of sulfonamides is 2. The second-order valence-corrected chi connectivity index (χ2v) is 9.65. The number of primary sulfonamides is 1. The smallest absolute Gasteiger partial charge is 0.265 e. The molecule has 0 saturated heterocycles. The molecule has 0 bridgehead atoms. The second kappa shape index (κ2) is 8.34. The lowest BCUT2D eigenvalue weighted by molar-refractivity contribution is 0.0741. The SMILES string of the molecule is COC(C)(C)C#Cc1ccc(C(=O)NS(=O)(=O)c2ccccc2S(N)(=O)=O)cc1. The molecule has 3 N–H and O–H groups in total. The Bertz CT molecular complexity index is 1190. The van der Waals surface area contributed by atoms with E-state index in [0.29, 0.717) is 5.56 Å². The molecule has 2 rings (SSSR count). The van der Waals surface area contributed by atoms with Gasteiger partial charge in [-0.1, -0.05) is 24.0 Å². The van der Waals surface area contributed by atoms with Gasteiger partial charge >= 0.3 is 0 Å². The van der Waals surface area contributed by atoms with Crippen LogP contribution < -0.4 is 9.86 Å². The first-order valence-corrected chi connectivity index (χ1v) is 11.3. The van der Waals surface area contributed by atoms with E-state index >= 15 is 0 Å². The molecule has 0 fully saturated rings. The molecule has 0 unspecified atom stereocenters. The summed E-state index contributed by atoms with van der Waals surface area (Å²) in [6, 6.07) is 10.7. The molecule has 0 aliphatic carbocycles. The summed E-state index contributed by atoms with van der Waals surface area (Å²) in [5.41, 5.74) is 0.0215. The monoisotopic (exact) mass is 436 g/mol. The average Bonchev–Trinajstić information content (AvgIpc) is 2.66. The summed E-state index contributed by atoms with van der Waals surface area (Å²) >= 11 is 0. The number of nitrogens with one attached hydrogen (secondary N) is 1. The summed E-state index contributed by atoms with van der Waals surface area (Å²) < 4.78 is 55.3. The van der Waals surface area contributed by atoms with Crippen molar-refractivity contribution < 1.29 is 26.4 Å². The first kappa shape index (κ1) is 22.6. The highest BCUT2D eigenvalue weighted by molar-refractivity contribution is 7.92. The van der Waals surface area contributed by atoms with Crippen LogP contribution in [-0.2, 0) is 24.8 Å². The number of hydrogen-bond donors (Lipinski definition) is 2. The first-order valence-electron chi connectivity index (χ1n) is 8.23. The fourth-order valence-corrected chi connectivity index (χ4v) is 4.48. The molecular weight excluding hydrogens is 416 g/mol. The lowest BCUT2D eigenvalue weighted by Crippen LogP contribution is -2.32. The predicted molar refractivity (Wildman–Crippen MR) is 107 cm³/mol. The van der Waals surface area contributed by atoms with E-state index in [2.05, 4.69) is 11.8 Å². The van der Waals surface area contributed by atoms with Gasteiger partial charge in [0.2, 0.25) is 10.0 Å². The Morgan fingerprint density at radius 1 is 1.00 bits per heavy atom. The van der Waals surface area contributed by atoms with Crippen molar-refractivity contribution in [1.82, 2.24) is 4.72 Å². The van der Waals surface area contributed by atoms with Gasteiger partial charge in [0.05, 0.1) is 0 Å². The van der Waals surface area contributed by atoms with Crippen molar-refractivity contribution in [1.29, 1.82) is 0 Å². The van der Waals surface area contributed by atoms with Crippen molar-refractivity contribution >= 4 is 26.0 Å². The van der Waals surface area contributed by atoms with E-state index in [1.54, 1.807) is 26.0 Å². The fourth-order valence-electron chi connectivity index (χ4n) is 2.12. The van der Waals surface area contributed by atoms with Crippen molar-refractivity contribution in [2.45, 2.75) is 29.2 Å². The number of carbonyl (C=O) groups is 1. The van der Waals surface area contributed by atoms with Crippen molar-refractivity contribution in [2.75, 3.05) is 7.11 Å². The van der Waals surface area contributed by atoms with E-state index in [1.165, 1.54) is 31.4 Å². The Hall–Kier alpha value is -2.71. The third-order valence-electron chi connectivity index (χ3n) is 3.84. The largest absolute Gasteiger partial charge is 0.366 e. The number of hydrogen-bond acceptors (Lipinski definition) is 6. The topological polar surface area (TPSA) is 133 Å². The van der Waals surface area contributed by atoms with Gasteiger partial charge in [-0.2, -0.15) is 0 Å². The molecule has 0 spiro atoms. The highest BCUT2D eigenvalue weighted by Gasteiger charge is 2.26. The van der Waals surface area contributed by atoms with Crippen LogP contribution in [0.25, 0.3) is 0 Å². The Morgan fingerprint density at radius 3 is 2.07 bits per heavy atom. The van der Waals surface area contributed by atoms with Crippen molar-refractivity contribution in [3.05, 3.63) is 59.7 Å². The summed E-state index contributed by atoms with van der Waals surface area (Å²) in [6.45, 7) is 3.60. The van der Waals surface area contributed by atoms with Crippen molar-refractivity contribution in [3.8, 4) is 11.8 Å². The zero-order chi connectivity index (χ0) is 21.9. The summed E-state index contributed by atoms with van der Waals surface area (Å²) in [5.74, 6) is 4.89. The maximum Gasteiger partial charge on any atom is 0.265 e. The second-order valence-electron chi connectivity index (χ2n) is 6.47.